The van der Waals surface area contributed by atoms with Gasteiger partial charge in [-0.05, 0) is 56.3 Å². The molecule has 4 fully saturated rings. The van der Waals surface area contributed by atoms with Gasteiger partial charge in [0.25, 0.3) is 0 Å². The fourth-order valence-corrected chi connectivity index (χ4v) is 5.92. The van der Waals surface area contributed by atoms with Gasteiger partial charge in [0.1, 0.15) is 0 Å². The molecule has 6 rings (SSSR count). The molecule has 4 saturated carbocycles. The van der Waals surface area contributed by atoms with Crippen molar-refractivity contribution in [3.63, 3.8) is 0 Å². The monoisotopic (exact) mass is 272 g/mol. The van der Waals surface area contributed by atoms with Crippen LogP contribution in [-0.4, -0.2) is 22.1 Å². The van der Waals surface area contributed by atoms with Crippen molar-refractivity contribution in [2.24, 2.45) is 23.5 Å². The van der Waals surface area contributed by atoms with Crippen molar-refractivity contribution in [1.29, 1.82) is 0 Å². The van der Waals surface area contributed by atoms with Crippen molar-refractivity contribution in [3.05, 3.63) is 11.9 Å². The maximum atomic E-state index is 6.05. The van der Waals surface area contributed by atoms with E-state index in [2.05, 4.69) is 16.1 Å². The normalized spacial score (nSPS) is 45.2. The molecule has 1 aromatic heterocycles. The van der Waals surface area contributed by atoms with Crippen LogP contribution in [0.3, 0.4) is 0 Å². The number of rotatable bonds is 1. The lowest BCUT2D eigenvalue weighted by Gasteiger charge is -2.56. The largest absolute Gasteiger partial charge is 0.354 e. The van der Waals surface area contributed by atoms with Gasteiger partial charge in [0.05, 0.1) is 5.69 Å². The summed E-state index contributed by atoms with van der Waals surface area (Å²) in [5.41, 5.74) is 7.83. The van der Waals surface area contributed by atoms with Crippen LogP contribution < -0.4 is 11.1 Å². The Kier molecular flexibility index (Phi) is 2.20. The van der Waals surface area contributed by atoms with E-state index in [1.807, 2.05) is 0 Å². The molecule has 0 saturated heterocycles. The molecular weight excluding hydrogens is 248 g/mol. The van der Waals surface area contributed by atoms with Gasteiger partial charge in [-0.1, -0.05) is 0 Å². The van der Waals surface area contributed by atoms with Crippen LogP contribution in [-0.2, 0) is 12.0 Å². The average Bonchev–Trinajstić information content (AvgIpc) is 2.80. The highest BCUT2D eigenvalue weighted by Crippen LogP contribution is 2.60. The van der Waals surface area contributed by atoms with Crippen molar-refractivity contribution in [3.8, 4) is 0 Å². The van der Waals surface area contributed by atoms with E-state index in [0.717, 1.165) is 36.8 Å². The Balaban J connectivity index is 1.53. The van der Waals surface area contributed by atoms with Crippen LogP contribution in [0.25, 0.3) is 0 Å². The molecule has 4 nitrogen and oxygen atoms in total. The molecule has 0 radical (unpaired) electrons. The van der Waals surface area contributed by atoms with E-state index in [0.29, 0.717) is 5.41 Å². The van der Waals surface area contributed by atoms with Gasteiger partial charge in [-0.15, -0.1) is 0 Å². The molecule has 1 aliphatic heterocycles. The number of nitrogens with one attached hydrogen (secondary N) is 1. The molecule has 1 aromatic rings. The van der Waals surface area contributed by atoms with Crippen LogP contribution in [0.4, 0.5) is 5.95 Å². The lowest BCUT2D eigenvalue weighted by molar-refractivity contribution is -0.00703. The van der Waals surface area contributed by atoms with Gasteiger partial charge in [-0.2, -0.15) is 0 Å². The second-order valence-corrected chi connectivity index (χ2v) is 7.94. The van der Waals surface area contributed by atoms with Crippen LogP contribution in [0, 0.1) is 17.8 Å². The van der Waals surface area contributed by atoms with Gasteiger partial charge < -0.3 is 15.6 Å². The zero-order valence-electron chi connectivity index (χ0n) is 12.0. The van der Waals surface area contributed by atoms with E-state index in [-0.39, 0.29) is 6.04 Å². The van der Waals surface area contributed by atoms with Crippen LogP contribution in [0.2, 0.25) is 0 Å². The first-order chi connectivity index (χ1) is 9.70. The minimum atomic E-state index is 0.223. The summed E-state index contributed by atoms with van der Waals surface area (Å²) in [5, 5.41) is 3.39. The Hall–Kier alpha value is -1.03. The maximum absolute atomic E-state index is 6.05. The van der Waals surface area contributed by atoms with E-state index in [4.69, 9.17) is 10.7 Å². The molecule has 0 aromatic carbocycles. The molecule has 1 unspecified atom stereocenters. The van der Waals surface area contributed by atoms with E-state index >= 15 is 0 Å². The summed E-state index contributed by atoms with van der Waals surface area (Å²) in [7, 11) is 0. The minimum absolute atomic E-state index is 0.223. The summed E-state index contributed by atoms with van der Waals surface area (Å²) in [4.78, 5) is 4.97. The summed E-state index contributed by atoms with van der Waals surface area (Å²) < 4.78 is 2.25. The third-order valence-corrected chi connectivity index (χ3v) is 6.31. The quantitative estimate of drug-likeness (QED) is 0.823. The Bertz CT molecular complexity index is 511. The van der Waals surface area contributed by atoms with Crippen molar-refractivity contribution in [2.75, 3.05) is 11.9 Å². The lowest BCUT2D eigenvalue weighted by Crippen LogP contribution is -2.48. The molecule has 4 aliphatic carbocycles. The van der Waals surface area contributed by atoms with Gasteiger partial charge in [-0.25, -0.2) is 4.98 Å². The average molecular weight is 272 g/mol. The van der Waals surface area contributed by atoms with Gasteiger partial charge in [0, 0.05) is 30.7 Å². The number of hydrogen-bond donors (Lipinski definition) is 2. The summed E-state index contributed by atoms with van der Waals surface area (Å²) in [5.74, 6) is 4.00. The van der Waals surface area contributed by atoms with Gasteiger partial charge in [0.15, 0.2) is 0 Å². The molecule has 3 N–H and O–H groups in total. The number of fused-ring (bicyclic) bond motifs is 1. The number of aromatic nitrogens is 2. The van der Waals surface area contributed by atoms with Gasteiger partial charge in [0.2, 0.25) is 5.95 Å². The van der Waals surface area contributed by atoms with Crippen LogP contribution in [0.1, 0.15) is 44.2 Å². The molecule has 4 heteroatoms. The summed E-state index contributed by atoms with van der Waals surface area (Å²) in [6, 6.07) is 0.223. The highest BCUT2D eigenvalue weighted by molar-refractivity contribution is 5.35. The van der Waals surface area contributed by atoms with E-state index in [1.54, 1.807) is 0 Å². The van der Waals surface area contributed by atoms with Crippen LogP contribution in [0.5, 0.6) is 0 Å². The lowest BCUT2D eigenvalue weighted by atomic mass is 9.49. The number of nitrogens with two attached hydrogens (primary N) is 1. The summed E-state index contributed by atoms with van der Waals surface area (Å²) in [6.45, 7) is 1.78. The topological polar surface area (TPSA) is 55.9 Å². The Morgan fingerprint density at radius 3 is 2.45 bits per heavy atom. The van der Waals surface area contributed by atoms with Crippen molar-refractivity contribution in [1.82, 2.24) is 9.55 Å². The van der Waals surface area contributed by atoms with Crippen LogP contribution in [0.15, 0.2) is 6.20 Å². The van der Waals surface area contributed by atoms with E-state index in [1.165, 1.54) is 44.2 Å². The Morgan fingerprint density at radius 2 is 1.80 bits per heavy atom. The molecule has 20 heavy (non-hydrogen) atoms. The molecule has 0 amide bonds. The number of nitrogens with zero attached hydrogens (tertiary/aromatic N) is 2. The smallest absolute Gasteiger partial charge is 0.203 e. The molecular formula is C16H24N4. The summed E-state index contributed by atoms with van der Waals surface area (Å²) in [6.07, 6.45) is 11.0. The molecule has 1 atom stereocenters. The third kappa shape index (κ3) is 1.54. The zero-order chi connectivity index (χ0) is 13.3. The first kappa shape index (κ1) is 11.6. The highest BCUT2D eigenvalue weighted by Gasteiger charge is 2.52. The first-order valence-corrected chi connectivity index (χ1v) is 8.27. The van der Waals surface area contributed by atoms with Crippen molar-refractivity contribution < 1.29 is 0 Å². The fraction of sp³-hybridized carbons (Fsp3) is 0.812. The molecule has 0 spiro atoms. The second-order valence-electron chi connectivity index (χ2n) is 7.94. The predicted molar refractivity (Wildman–Crippen MR) is 78.5 cm³/mol. The number of imidazole rings is 1. The zero-order valence-corrected chi connectivity index (χ0v) is 12.0. The number of hydrogen-bond acceptors (Lipinski definition) is 3. The third-order valence-electron chi connectivity index (χ3n) is 6.31. The molecule has 4 bridgehead atoms. The standard InChI is InChI=1S/C16H24N4/c17-13-7-18-15-19-14(9-20(15)8-13)16-4-10-1-11(5-16)3-12(2-10)6-16/h9-13H,1-8,17H2,(H,18,19). The van der Waals surface area contributed by atoms with Crippen LogP contribution >= 0.6 is 0 Å². The van der Waals surface area contributed by atoms with Gasteiger partial charge in [-0.3, -0.25) is 0 Å². The molecule has 2 heterocycles. The SMILES string of the molecule is NC1CNc2nc(C34CC5CC(CC(C5)C3)C4)cn2C1. The van der Waals surface area contributed by atoms with Crippen molar-refractivity contribution in [2.45, 2.75) is 56.5 Å². The Morgan fingerprint density at radius 1 is 1.15 bits per heavy atom. The Labute approximate surface area is 120 Å². The van der Waals surface area contributed by atoms with Crippen molar-refractivity contribution >= 4 is 5.95 Å². The van der Waals surface area contributed by atoms with E-state index in [9.17, 15) is 0 Å². The first-order valence-electron chi connectivity index (χ1n) is 8.27. The fourth-order valence-electron chi connectivity index (χ4n) is 5.92. The highest BCUT2D eigenvalue weighted by atomic mass is 15.2. The second kappa shape index (κ2) is 3.79. The number of anilines is 1. The van der Waals surface area contributed by atoms with Gasteiger partial charge >= 0.3 is 0 Å². The molecule has 108 valence electrons. The maximum Gasteiger partial charge on any atom is 0.203 e. The minimum Gasteiger partial charge on any atom is -0.354 e. The predicted octanol–water partition coefficient (Wildman–Crippen LogP) is 2.10. The molecule has 5 aliphatic rings. The van der Waals surface area contributed by atoms with E-state index < -0.39 is 0 Å². The summed E-state index contributed by atoms with van der Waals surface area (Å²) >= 11 is 0.